The molecule has 1 aromatic heterocycles. The van der Waals surface area contributed by atoms with Crippen molar-refractivity contribution in [3.63, 3.8) is 0 Å². The summed E-state index contributed by atoms with van der Waals surface area (Å²) in [5.41, 5.74) is 1.03. The number of halogens is 1. The monoisotopic (exact) mass is 356 g/mol. The van der Waals surface area contributed by atoms with Gasteiger partial charge < -0.3 is 9.84 Å². The van der Waals surface area contributed by atoms with Crippen LogP contribution in [-0.4, -0.2) is 27.4 Å². The Labute approximate surface area is 150 Å². The molecule has 0 fully saturated rings. The standard InChI is InChI=1S/C20H21FN2O3/c1-13(2)16-5-3-4-6-19(16)26-11-15(24)10-23-12-22-18-9-14(21)7-8-17(18)20(23)25/h3-9,12-13,15,24H,10-11H2,1-2H3/t15-/m1/s1. The van der Waals surface area contributed by atoms with Crippen LogP contribution in [0.3, 0.4) is 0 Å². The van der Waals surface area contributed by atoms with Crippen LogP contribution in [0.5, 0.6) is 5.75 Å². The third-order valence-electron chi connectivity index (χ3n) is 4.17. The van der Waals surface area contributed by atoms with E-state index in [1.54, 1.807) is 0 Å². The fraction of sp³-hybridized carbons (Fsp3) is 0.300. The first-order valence-electron chi connectivity index (χ1n) is 8.50. The molecule has 3 rings (SSSR count). The van der Waals surface area contributed by atoms with Gasteiger partial charge in [-0.1, -0.05) is 32.0 Å². The van der Waals surface area contributed by atoms with E-state index in [2.05, 4.69) is 18.8 Å². The number of aromatic nitrogens is 2. The highest BCUT2D eigenvalue weighted by atomic mass is 19.1. The second-order valence-electron chi connectivity index (χ2n) is 6.52. The summed E-state index contributed by atoms with van der Waals surface area (Å²) in [6.07, 6.45) is 0.433. The van der Waals surface area contributed by atoms with Crippen LogP contribution in [0.1, 0.15) is 25.3 Å². The number of hydrogen-bond acceptors (Lipinski definition) is 4. The van der Waals surface area contributed by atoms with Crippen molar-refractivity contribution in [2.24, 2.45) is 0 Å². The summed E-state index contributed by atoms with van der Waals surface area (Å²) in [6, 6.07) is 11.5. The predicted molar refractivity (Wildman–Crippen MR) is 98.0 cm³/mol. The van der Waals surface area contributed by atoms with Crippen molar-refractivity contribution in [3.8, 4) is 5.75 Å². The molecule has 3 aromatic rings. The predicted octanol–water partition coefficient (Wildman–Crippen LogP) is 3.10. The summed E-state index contributed by atoms with van der Waals surface area (Å²) in [7, 11) is 0. The first-order valence-corrected chi connectivity index (χ1v) is 8.50. The highest BCUT2D eigenvalue weighted by Gasteiger charge is 2.13. The first-order chi connectivity index (χ1) is 12.5. The molecule has 0 aliphatic rings. The van der Waals surface area contributed by atoms with Crippen molar-refractivity contribution in [2.45, 2.75) is 32.4 Å². The average molecular weight is 356 g/mol. The fourth-order valence-electron chi connectivity index (χ4n) is 2.82. The Bertz CT molecular complexity index is 969. The maximum atomic E-state index is 13.2. The van der Waals surface area contributed by atoms with E-state index in [9.17, 15) is 14.3 Å². The van der Waals surface area contributed by atoms with Crippen molar-refractivity contribution in [1.29, 1.82) is 0 Å². The SMILES string of the molecule is CC(C)c1ccccc1OC[C@H](O)Cn1cnc2cc(F)ccc2c1=O. The van der Waals surface area contributed by atoms with E-state index in [1.165, 1.54) is 29.1 Å². The van der Waals surface area contributed by atoms with Crippen LogP contribution in [0.2, 0.25) is 0 Å². The van der Waals surface area contributed by atoms with Gasteiger partial charge in [-0.15, -0.1) is 0 Å². The summed E-state index contributed by atoms with van der Waals surface area (Å²) in [5.74, 6) is 0.580. The maximum absolute atomic E-state index is 13.2. The van der Waals surface area contributed by atoms with E-state index in [0.717, 1.165) is 11.3 Å². The van der Waals surface area contributed by atoms with Crippen molar-refractivity contribution in [1.82, 2.24) is 9.55 Å². The summed E-state index contributed by atoms with van der Waals surface area (Å²) in [5, 5.41) is 10.6. The molecular formula is C20H21FN2O3. The van der Waals surface area contributed by atoms with E-state index in [-0.39, 0.29) is 18.7 Å². The molecule has 0 saturated heterocycles. The third kappa shape index (κ3) is 3.91. The zero-order chi connectivity index (χ0) is 18.7. The highest BCUT2D eigenvalue weighted by molar-refractivity contribution is 5.77. The molecule has 6 heteroatoms. The normalized spacial score (nSPS) is 12.5. The minimum absolute atomic E-state index is 0.0446. The van der Waals surface area contributed by atoms with E-state index < -0.39 is 11.9 Å². The minimum atomic E-state index is -0.882. The number of fused-ring (bicyclic) bond motifs is 1. The lowest BCUT2D eigenvalue weighted by Crippen LogP contribution is -2.30. The van der Waals surface area contributed by atoms with Gasteiger partial charge in [0.05, 0.1) is 23.8 Å². The van der Waals surface area contributed by atoms with Gasteiger partial charge in [-0.25, -0.2) is 9.37 Å². The molecule has 1 N–H and O–H groups in total. The van der Waals surface area contributed by atoms with E-state index in [0.29, 0.717) is 16.8 Å². The van der Waals surface area contributed by atoms with Gasteiger partial charge in [0.1, 0.15) is 24.3 Å². The molecule has 0 amide bonds. The van der Waals surface area contributed by atoms with Crippen LogP contribution in [-0.2, 0) is 6.54 Å². The van der Waals surface area contributed by atoms with E-state index in [4.69, 9.17) is 4.74 Å². The molecule has 0 saturated carbocycles. The van der Waals surface area contributed by atoms with Crippen LogP contribution in [0, 0.1) is 5.82 Å². The number of para-hydroxylation sites is 1. The topological polar surface area (TPSA) is 64.3 Å². The Morgan fingerprint density at radius 2 is 2.00 bits per heavy atom. The third-order valence-corrected chi connectivity index (χ3v) is 4.17. The first kappa shape index (κ1) is 18.1. The van der Waals surface area contributed by atoms with E-state index >= 15 is 0 Å². The number of ether oxygens (including phenoxy) is 1. The van der Waals surface area contributed by atoms with Crippen molar-refractivity contribution in [2.75, 3.05) is 6.61 Å². The quantitative estimate of drug-likeness (QED) is 0.737. The average Bonchev–Trinajstić information content (AvgIpc) is 2.62. The van der Waals surface area contributed by atoms with Crippen LogP contribution >= 0.6 is 0 Å². The molecule has 1 atom stereocenters. The van der Waals surface area contributed by atoms with Crippen molar-refractivity contribution in [3.05, 3.63) is 70.5 Å². The maximum Gasteiger partial charge on any atom is 0.261 e. The highest BCUT2D eigenvalue weighted by Crippen LogP contribution is 2.25. The Kier molecular flexibility index (Phi) is 5.32. The summed E-state index contributed by atoms with van der Waals surface area (Å²) >= 11 is 0. The Morgan fingerprint density at radius 3 is 2.77 bits per heavy atom. The summed E-state index contributed by atoms with van der Waals surface area (Å²) in [6.45, 7) is 4.24. The summed E-state index contributed by atoms with van der Waals surface area (Å²) < 4.78 is 20.3. The Balaban J connectivity index is 1.72. The molecule has 5 nitrogen and oxygen atoms in total. The molecule has 0 aliphatic heterocycles. The molecule has 0 unspecified atom stereocenters. The lowest BCUT2D eigenvalue weighted by Gasteiger charge is -2.17. The zero-order valence-corrected chi connectivity index (χ0v) is 14.7. The molecule has 1 heterocycles. The Morgan fingerprint density at radius 1 is 1.23 bits per heavy atom. The van der Waals surface area contributed by atoms with Crippen LogP contribution < -0.4 is 10.3 Å². The van der Waals surface area contributed by atoms with Gasteiger partial charge in [-0.2, -0.15) is 0 Å². The van der Waals surface area contributed by atoms with Crippen molar-refractivity contribution < 1.29 is 14.2 Å². The summed E-state index contributed by atoms with van der Waals surface area (Å²) in [4.78, 5) is 16.5. The largest absolute Gasteiger partial charge is 0.491 e. The number of nitrogens with zero attached hydrogens (tertiary/aromatic N) is 2. The van der Waals surface area contributed by atoms with Crippen LogP contribution in [0.4, 0.5) is 4.39 Å². The molecular weight excluding hydrogens is 335 g/mol. The van der Waals surface area contributed by atoms with E-state index in [1.807, 2.05) is 24.3 Å². The number of aliphatic hydroxyl groups is 1. The van der Waals surface area contributed by atoms with Gasteiger partial charge in [-0.3, -0.25) is 9.36 Å². The molecule has 0 radical (unpaired) electrons. The fourth-order valence-corrected chi connectivity index (χ4v) is 2.82. The van der Waals surface area contributed by atoms with Gasteiger partial charge in [0.25, 0.3) is 5.56 Å². The number of rotatable bonds is 6. The molecule has 0 bridgehead atoms. The van der Waals surface area contributed by atoms with Crippen LogP contribution in [0.25, 0.3) is 10.9 Å². The van der Waals surface area contributed by atoms with Gasteiger partial charge in [0, 0.05) is 6.07 Å². The van der Waals surface area contributed by atoms with Gasteiger partial charge in [0.2, 0.25) is 0 Å². The minimum Gasteiger partial charge on any atom is -0.491 e. The van der Waals surface area contributed by atoms with Crippen LogP contribution in [0.15, 0.2) is 53.6 Å². The Hall–Kier alpha value is -2.73. The second kappa shape index (κ2) is 7.66. The van der Waals surface area contributed by atoms with Gasteiger partial charge in [-0.05, 0) is 29.7 Å². The number of aliphatic hydroxyl groups excluding tert-OH is 1. The zero-order valence-electron chi connectivity index (χ0n) is 14.7. The van der Waals surface area contributed by atoms with Gasteiger partial charge in [0.15, 0.2) is 0 Å². The molecule has 0 aliphatic carbocycles. The smallest absolute Gasteiger partial charge is 0.261 e. The lowest BCUT2D eigenvalue weighted by molar-refractivity contribution is 0.0909. The van der Waals surface area contributed by atoms with Crippen molar-refractivity contribution >= 4 is 10.9 Å². The molecule has 136 valence electrons. The number of benzene rings is 2. The molecule has 0 spiro atoms. The second-order valence-corrected chi connectivity index (χ2v) is 6.52. The number of hydrogen-bond donors (Lipinski definition) is 1. The molecule has 26 heavy (non-hydrogen) atoms. The lowest BCUT2D eigenvalue weighted by atomic mass is 10.0. The molecule has 2 aromatic carbocycles. The van der Waals surface area contributed by atoms with Gasteiger partial charge >= 0.3 is 0 Å².